The van der Waals surface area contributed by atoms with Crippen molar-refractivity contribution in [2.75, 3.05) is 6.61 Å². The number of Topliss-reactive ketones (excluding diaryl/α,β-unsaturated/α-hetero) is 1. The summed E-state index contributed by atoms with van der Waals surface area (Å²) < 4.78 is 7.16. The summed E-state index contributed by atoms with van der Waals surface area (Å²) in [7, 11) is 0. The maximum absolute atomic E-state index is 12.4. The average Bonchev–Trinajstić information content (AvgIpc) is 3.32. The van der Waals surface area contributed by atoms with E-state index in [0.29, 0.717) is 5.56 Å². The summed E-state index contributed by atoms with van der Waals surface area (Å²) in [6, 6.07) is 10.0. The summed E-state index contributed by atoms with van der Waals surface area (Å²) in [6.07, 6.45) is 1.77. The van der Waals surface area contributed by atoms with E-state index in [9.17, 15) is 9.59 Å². The Bertz CT molecular complexity index is 752. The third-order valence-electron chi connectivity index (χ3n) is 4.28. The summed E-state index contributed by atoms with van der Waals surface area (Å²) in [5.41, 5.74) is 4.70. The molecule has 0 aliphatic heterocycles. The zero-order chi connectivity index (χ0) is 16.6. The first kappa shape index (κ1) is 15.5. The second-order valence-corrected chi connectivity index (χ2v) is 6.26. The van der Waals surface area contributed by atoms with Gasteiger partial charge < -0.3 is 9.30 Å². The van der Waals surface area contributed by atoms with Crippen molar-refractivity contribution < 1.29 is 14.3 Å². The molecule has 23 heavy (non-hydrogen) atoms. The third kappa shape index (κ3) is 3.21. The SMILES string of the molecule is Cc1ccc(-n2c(C)cc(C(=O)COC(=O)C3CC3)c2C)cc1. The number of aromatic nitrogens is 1. The maximum Gasteiger partial charge on any atom is 0.309 e. The van der Waals surface area contributed by atoms with E-state index in [2.05, 4.69) is 4.57 Å². The van der Waals surface area contributed by atoms with Gasteiger partial charge in [-0.1, -0.05) is 17.7 Å². The molecule has 1 aromatic carbocycles. The van der Waals surface area contributed by atoms with E-state index in [1.807, 2.05) is 51.1 Å². The number of carbonyl (C=O) groups excluding carboxylic acids is 2. The first-order valence-electron chi connectivity index (χ1n) is 7.93. The molecule has 0 N–H and O–H groups in total. The second kappa shape index (κ2) is 6.03. The molecule has 0 amide bonds. The van der Waals surface area contributed by atoms with Gasteiger partial charge in [-0.3, -0.25) is 9.59 Å². The number of hydrogen-bond donors (Lipinski definition) is 0. The minimum atomic E-state index is -0.245. The van der Waals surface area contributed by atoms with Crippen molar-refractivity contribution in [1.29, 1.82) is 0 Å². The smallest absolute Gasteiger partial charge is 0.309 e. The molecule has 0 bridgehead atoms. The Kier molecular flexibility index (Phi) is 4.07. The number of ether oxygens (including phenoxy) is 1. The zero-order valence-corrected chi connectivity index (χ0v) is 13.8. The molecule has 0 atom stereocenters. The Labute approximate surface area is 136 Å². The summed E-state index contributed by atoms with van der Waals surface area (Å²) >= 11 is 0. The monoisotopic (exact) mass is 311 g/mol. The molecule has 0 spiro atoms. The van der Waals surface area contributed by atoms with Gasteiger partial charge in [-0.05, 0) is 51.8 Å². The first-order chi connectivity index (χ1) is 11.0. The first-order valence-corrected chi connectivity index (χ1v) is 7.93. The minimum Gasteiger partial charge on any atom is -0.457 e. The van der Waals surface area contributed by atoms with Gasteiger partial charge in [0, 0.05) is 22.6 Å². The molecule has 1 aliphatic carbocycles. The predicted octanol–water partition coefficient (Wildman–Crippen LogP) is 3.54. The Morgan fingerprint density at radius 2 is 1.78 bits per heavy atom. The van der Waals surface area contributed by atoms with Gasteiger partial charge in [-0.2, -0.15) is 0 Å². The standard InChI is InChI=1S/C19H21NO3/c1-12-4-8-16(9-5-12)20-13(2)10-17(14(20)3)18(21)11-23-19(22)15-6-7-15/h4-5,8-10,15H,6-7,11H2,1-3H3. The average molecular weight is 311 g/mol. The van der Waals surface area contributed by atoms with E-state index < -0.39 is 0 Å². The number of hydrogen-bond acceptors (Lipinski definition) is 3. The van der Waals surface area contributed by atoms with E-state index in [1.54, 1.807) is 0 Å². The highest BCUT2D eigenvalue weighted by atomic mass is 16.5. The fourth-order valence-electron chi connectivity index (χ4n) is 2.79. The number of nitrogens with zero attached hydrogens (tertiary/aromatic N) is 1. The van der Waals surface area contributed by atoms with Crippen molar-refractivity contribution in [3.8, 4) is 5.69 Å². The molecule has 1 aliphatic rings. The topological polar surface area (TPSA) is 48.3 Å². The van der Waals surface area contributed by atoms with Gasteiger partial charge >= 0.3 is 5.97 Å². The molecule has 120 valence electrons. The number of ketones is 1. The third-order valence-corrected chi connectivity index (χ3v) is 4.28. The van der Waals surface area contributed by atoms with Gasteiger partial charge in [0.1, 0.15) is 0 Å². The molecule has 1 fully saturated rings. The van der Waals surface area contributed by atoms with Gasteiger partial charge in [0.15, 0.2) is 6.61 Å². The van der Waals surface area contributed by atoms with Crippen molar-refractivity contribution >= 4 is 11.8 Å². The van der Waals surface area contributed by atoms with Crippen LogP contribution < -0.4 is 0 Å². The van der Waals surface area contributed by atoms with Crippen LogP contribution in [0.5, 0.6) is 0 Å². The summed E-state index contributed by atoms with van der Waals surface area (Å²) in [5, 5.41) is 0. The van der Waals surface area contributed by atoms with Crippen molar-refractivity contribution in [3.05, 3.63) is 52.8 Å². The largest absolute Gasteiger partial charge is 0.457 e. The lowest BCUT2D eigenvalue weighted by molar-refractivity contribution is -0.144. The lowest BCUT2D eigenvalue weighted by Crippen LogP contribution is -2.15. The maximum atomic E-state index is 12.4. The van der Waals surface area contributed by atoms with Gasteiger partial charge in [0.05, 0.1) is 5.92 Å². The lowest BCUT2D eigenvalue weighted by Gasteiger charge is -2.10. The lowest BCUT2D eigenvalue weighted by atomic mass is 10.1. The highest BCUT2D eigenvalue weighted by Gasteiger charge is 2.31. The highest BCUT2D eigenvalue weighted by Crippen LogP contribution is 2.30. The fraction of sp³-hybridized carbons (Fsp3) is 0.368. The molecule has 4 nitrogen and oxygen atoms in total. The Hall–Kier alpha value is -2.36. The van der Waals surface area contributed by atoms with Gasteiger partial charge in [-0.25, -0.2) is 0 Å². The van der Waals surface area contributed by atoms with Crippen LogP contribution in [-0.4, -0.2) is 22.9 Å². The summed E-state index contributed by atoms with van der Waals surface area (Å²) in [5.74, 6) is -0.376. The Morgan fingerprint density at radius 3 is 2.39 bits per heavy atom. The van der Waals surface area contributed by atoms with Crippen molar-refractivity contribution in [3.63, 3.8) is 0 Å². The molecule has 2 aromatic rings. The number of aryl methyl sites for hydroxylation is 2. The van der Waals surface area contributed by atoms with Crippen LogP contribution in [0.3, 0.4) is 0 Å². The summed E-state index contributed by atoms with van der Waals surface area (Å²) in [6.45, 7) is 5.76. The van der Waals surface area contributed by atoms with Crippen LogP contribution in [-0.2, 0) is 9.53 Å². The van der Waals surface area contributed by atoms with Crippen LogP contribution in [0.2, 0.25) is 0 Å². The molecule has 1 aromatic heterocycles. The fourth-order valence-corrected chi connectivity index (χ4v) is 2.79. The molecule has 0 saturated heterocycles. The van der Waals surface area contributed by atoms with E-state index in [1.165, 1.54) is 5.56 Å². The van der Waals surface area contributed by atoms with Crippen LogP contribution in [0.4, 0.5) is 0 Å². The van der Waals surface area contributed by atoms with E-state index in [-0.39, 0.29) is 24.3 Å². The van der Waals surface area contributed by atoms with Crippen molar-refractivity contribution in [2.45, 2.75) is 33.6 Å². The molecule has 3 rings (SSSR count). The number of rotatable bonds is 5. The van der Waals surface area contributed by atoms with Crippen LogP contribution in [0.25, 0.3) is 5.69 Å². The zero-order valence-electron chi connectivity index (χ0n) is 13.8. The minimum absolute atomic E-state index is 0.0165. The van der Waals surface area contributed by atoms with Crippen LogP contribution >= 0.6 is 0 Å². The van der Waals surface area contributed by atoms with Crippen molar-refractivity contribution in [1.82, 2.24) is 4.57 Å². The van der Waals surface area contributed by atoms with Crippen LogP contribution in [0.1, 0.15) is 40.2 Å². The van der Waals surface area contributed by atoms with Gasteiger partial charge in [-0.15, -0.1) is 0 Å². The summed E-state index contributed by atoms with van der Waals surface area (Å²) in [4.78, 5) is 23.9. The Morgan fingerprint density at radius 1 is 1.13 bits per heavy atom. The number of esters is 1. The normalized spacial score (nSPS) is 13.9. The van der Waals surface area contributed by atoms with E-state index >= 15 is 0 Å². The molecule has 1 heterocycles. The molecule has 4 heteroatoms. The number of benzene rings is 1. The Balaban J connectivity index is 1.80. The molecule has 0 unspecified atom stereocenters. The van der Waals surface area contributed by atoms with Gasteiger partial charge in [0.25, 0.3) is 0 Å². The van der Waals surface area contributed by atoms with Gasteiger partial charge in [0.2, 0.25) is 5.78 Å². The molecule has 0 radical (unpaired) electrons. The van der Waals surface area contributed by atoms with Crippen LogP contribution in [0, 0.1) is 26.7 Å². The molecular formula is C19H21NO3. The van der Waals surface area contributed by atoms with E-state index in [0.717, 1.165) is 29.9 Å². The quantitative estimate of drug-likeness (QED) is 0.627. The predicted molar refractivity (Wildman–Crippen MR) is 88.0 cm³/mol. The molecular weight excluding hydrogens is 290 g/mol. The second-order valence-electron chi connectivity index (χ2n) is 6.26. The van der Waals surface area contributed by atoms with Crippen molar-refractivity contribution in [2.24, 2.45) is 5.92 Å². The highest BCUT2D eigenvalue weighted by molar-refractivity contribution is 5.99. The van der Waals surface area contributed by atoms with Crippen LogP contribution in [0.15, 0.2) is 30.3 Å². The molecule has 1 saturated carbocycles. The number of carbonyl (C=O) groups is 2. The van der Waals surface area contributed by atoms with E-state index in [4.69, 9.17) is 4.74 Å².